The van der Waals surface area contributed by atoms with Gasteiger partial charge in [-0.2, -0.15) is 10.2 Å². The Kier molecular flexibility index (Phi) is 6.49. The van der Waals surface area contributed by atoms with Crippen molar-refractivity contribution in [2.45, 2.75) is 46.7 Å². The Balaban J connectivity index is 1.69. The highest BCUT2D eigenvalue weighted by molar-refractivity contribution is 5.84. The Hall–Kier alpha value is -3.94. The molecule has 0 saturated carbocycles. The Morgan fingerprint density at radius 1 is 1.06 bits per heavy atom. The number of aromatic nitrogens is 4. The predicted molar refractivity (Wildman–Crippen MR) is 132 cm³/mol. The van der Waals surface area contributed by atoms with Crippen molar-refractivity contribution in [2.75, 3.05) is 7.11 Å². The number of benzene rings is 2. The van der Waals surface area contributed by atoms with Crippen molar-refractivity contribution in [2.24, 2.45) is 0 Å². The number of ether oxygens (including phenoxy) is 1. The number of aryl methyl sites for hydroxylation is 3. The summed E-state index contributed by atoms with van der Waals surface area (Å²) in [4.78, 5) is 26.5. The summed E-state index contributed by atoms with van der Waals surface area (Å²) in [5.41, 5.74) is 4.28. The van der Waals surface area contributed by atoms with Gasteiger partial charge in [0.25, 0.3) is 5.56 Å². The highest BCUT2D eigenvalue weighted by Gasteiger charge is 2.25. The minimum absolute atomic E-state index is 0.281. The van der Waals surface area contributed by atoms with Gasteiger partial charge in [-0.15, -0.1) is 0 Å². The lowest BCUT2D eigenvalue weighted by molar-refractivity contribution is -0.125. The fraction of sp³-hybridized carbons (Fsp3) is 0.308. The van der Waals surface area contributed by atoms with E-state index >= 15 is 0 Å². The normalized spacial score (nSPS) is 12.0. The molecule has 1 amide bonds. The molecule has 0 saturated heterocycles. The first kappa shape index (κ1) is 23.2. The van der Waals surface area contributed by atoms with Crippen LogP contribution >= 0.6 is 0 Å². The van der Waals surface area contributed by atoms with E-state index in [-0.39, 0.29) is 18.0 Å². The van der Waals surface area contributed by atoms with Crippen LogP contribution in [0.3, 0.4) is 0 Å². The fourth-order valence-corrected chi connectivity index (χ4v) is 4.22. The molecule has 8 nitrogen and oxygen atoms in total. The highest BCUT2D eigenvalue weighted by atomic mass is 16.5. The van der Waals surface area contributed by atoms with E-state index in [0.29, 0.717) is 28.8 Å². The topological polar surface area (TPSA) is 91.0 Å². The second-order valence-electron chi connectivity index (χ2n) is 8.35. The SMILES string of the molecule is CC[C@@H](C(=O)NCc1ccccc1OC)n1nc(C)c2c(C)n(-c3ccc(C)cc3)nc2c1=O. The predicted octanol–water partition coefficient (Wildman–Crippen LogP) is 3.78. The lowest BCUT2D eigenvalue weighted by Gasteiger charge is -2.18. The maximum Gasteiger partial charge on any atom is 0.295 e. The van der Waals surface area contributed by atoms with Crippen molar-refractivity contribution >= 4 is 16.8 Å². The molecule has 0 aliphatic heterocycles. The average molecular weight is 460 g/mol. The van der Waals surface area contributed by atoms with Gasteiger partial charge in [0.05, 0.1) is 29.6 Å². The van der Waals surface area contributed by atoms with Crippen LogP contribution in [0.25, 0.3) is 16.6 Å². The third kappa shape index (κ3) is 4.19. The fourth-order valence-electron chi connectivity index (χ4n) is 4.22. The van der Waals surface area contributed by atoms with Gasteiger partial charge < -0.3 is 10.1 Å². The molecule has 2 heterocycles. The van der Waals surface area contributed by atoms with E-state index in [1.165, 1.54) is 4.68 Å². The third-order valence-corrected chi connectivity index (χ3v) is 6.06. The summed E-state index contributed by atoms with van der Waals surface area (Å²) in [6, 6.07) is 14.7. The van der Waals surface area contributed by atoms with E-state index in [1.54, 1.807) is 11.8 Å². The van der Waals surface area contributed by atoms with Crippen molar-refractivity contribution < 1.29 is 9.53 Å². The average Bonchev–Trinajstić information content (AvgIpc) is 3.19. The van der Waals surface area contributed by atoms with Crippen LogP contribution in [0.5, 0.6) is 5.75 Å². The van der Waals surface area contributed by atoms with Gasteiger partial charge in [0.2, 0.25) is 5.91 Å². The van der Waals surface area contributed by atoms with E-state index < -0.39 is 6.04 Å². The number of nitrogens with zero attached hydrogens (tertiary/aromatic N) is 4. The molecule has 2 aromatic heterocycles. The van der Waals surface area contributed by atoms with E-state index in [1.807, 2.05) is 76.2 Å². The second kappa shape index (κ2) is 9.51. The maximum atomic E-state index is 13.4. The molecule has 4 rings (SSSR count). The van der Waals surface area contributed by atoms with Crippen LogP contribution in [-0.2, 0) is 11.3 Å². The van der Waals surface area contributed by atoms with Crippen molar-refractivity contribution in [3.63, 3.8) is 0 Å². The number of para-hydroxylation sites is 1. The summed E-state index contributed by atoms with van der Waals surface area (Å²) in [7, 11) is 1.59. The van der Waals surface area contributed by atoms with E-state index in [4.69, 9.17) is 4.74 Å². The van der Waals surface area contributed by atoms with Gasteiger partial charge in [-0.1, -0.05) is 42.8 Å². The molecule has 34 heavy (non-hydrogen) atoms. The molecule has 0 aliphatic carbocycles. The highest BCUT2D eigenvalue weighted by Crippen LogP contribution is 2.23. The molecule has 0 unspecified atom stereocenters. The number of rotatable bonds is 7. The largest absolute Gasteiger partial charge is 0.496 e. The number of methoxy groups -OCH3 is 1. The van der Waals surface area contributed by atoms with E-state index in [9.17, 15) is 9.59 Å². The summed E-state index contributed by atoms with van der Waals surface area (Å²) in [6.07, 6.45) is 0.410. The minimum Gasteiger partial charge on any atom is -0.496 e. The molecule has 176 valence electrons. The maximum absolute atomic E-state index is 13.4. The van der Waals surface area contributed by atoms with Crippen molar-refractivity contribution in [1.82, 2.24) is 24.9 Å². The van der Waals surface area contributed by atoms with Gasteiger partial charge in [-0.3, -0.25) is 9.59 Å². The van der Waals surface area contributed by atoms with Gasteiger partial charge in [-0.05, 0) is 45.4 Å². The van der Waals surface area contributed by atoms with Gasteiger partial charge in [0.1, 0.15) is 11.8 Å². The van der Waals surface area contributed by atoms with Gasteiger partial charge in [0, 0.05) is 12.1 Å². The van der Waals surface area contributed by atoms with Crippen molar-refractivity contribution in [3.05, 3.63) is 81.4 Å². The second-order valence-corrected chi connectivity index (χ2v) is 8.35. The molecule has 1 N–H and O–H groups in total. The minimum atomic E-state index is -0.755. The van der Waals surface area contributed by atoms with Crippen LogP contribution in [0, 0.1) is 20.8 Å². The van der Waals surface area contributed by atoms with E-state index in [0.717, 1.165) is 22.5 Å². The first-order valence-corrected chi connectivity index (χ1v) is 11.3. The number of nitrogens with one attached hydrogen (secondary N) is 1. The van der Waals surface area contributed by atoms with Crippen LogP contribution in [-0.4, -0.2) is 32.6 Å². The molecular formula is C26H29N5O3. The summed E-state index contributed by atoms with van der Waals surface area (Å²) >= 11 is 0. The van der Waals surface area contributed by atoms with Gasteiger partial charge >= 0.3 is 0 Å². The van der Waals surface area contributed by atoms with Crippen LogP contribution in [0.1, 0.15) is 41.9 Å². The number of fused-ring (bicyclic) bond motifs is 1. The number of amides is 1. The zero-order valence-corrected chi connectivity index (χ0v) is 20.1. The zero-order valence-electron chi connectivity index (χ0n) is 20.1. The van der Waals surface area contributed by atoms with Crippen molar-refractivity contribution in [3.8, 4) is 11.4 Å². The number of hydrogen-bond acceptors (Lipinski definition) is 5. The third-order valence-electron chi connectivity index (χ3n) is 6.06. The first-order valence-electron chi connectivity index (χ1n) is 11.3. The summed E-state index contributed by atoms with van der Waals surface area (Å²) in [5, 5.41) is 12.8. The monoisotopic (exact) mass is 459 g/mol. The molecule has 8 heteroatoms. The van der Waals surface area contributed by atoms with Crippen LogP contribution in [0.2, 0.25) is 0 Å². The molecule has 0 spiro atoms. The van der Waals surface area contributed by atoms with E-state index in [2.05, 4.69) is 15.5 Å². The molecule has 4 aromatic rings. The smallest absolute Gasteiger partial charge is 0.295 e. The van der Waals surface area contributed by atoms with Gasteiger partial charge in [-0.25, -0.2) is 9.36 Å². The lowest BCUT2D eigenvalue weighted by atomic mass is 10.1. The lowest BCUT2D eigenvalue weighted by Crippen LogP contribution is -2.38. The Bertz CT molecular complexity index is 1400. The standard InChI is InChI=1S/C26H29N5O3/c1-6-21(25(32)27-15-19-9-7-8-10-22(19)34-5)31-26(33)24-23(17(3)28-31)18(4)30(29-24)20-13-11-16(2)12-14-20/h7-14,21H,6,15H2,1-5H3,(H,27,32)/t21-/m0/s1. The quantitative estimate of drug-likeness (QED) is 0.454. The zero-order chi connectivity index (χ0) is 24.4. The summed E-state index contributed by atoms with van der Waals surface area (Å²) in [6.45, 7) is 7.93. The number of carbonyl (C=O) groups excluding carboxylic acids is 1. The molecule has 0 fully saturated rings. The van der Waals surface area contributed by atoms with Gasteiger partial charge in [0.15, 0.2) is 5.52 Å². The Labute approximate surface area is 198 Å². The molecule has 0 bridgehead atoms. The molecule has 0 radical (unpaired) electrons. The Morgan fingerprint density at radius 3 is 2.44 bits per heavy atom. The molecule has 0 aliphatic rings. The Morgan fingerprint density at radius 2 is 1.76 bits per heavy atom. The first-order chi connectivity index (χ1) is 16.3. The van der Waals surface area contributed by atoms with Crippen molar-refractivity contribution in [1.29, 1.82) is 0 Å². The molecule has 1 atom stereocenters. The number of hydrogen-bond donors (Lipinski definition) is 1. The van der Waals surface area contributed by atoms with Crippen LogP contribution in [0.15, 0.2) is 53.3 Å². The summed E-state index contributed by atoms with van der Waals surface area (Å²) < 4.78 is 8.38. The number of carbonyl (C=O) groups is 1. The van der Waals surface area contributed by atoms with Crippen LogP contribution < -0.4 is 15.6 Å². The summed E-state index contributed by atoms with van der Waals surface area (Å²) in [5.74, 6) is 0.414. The van der Waals surface area contributed by atoms with Crippen LogP contribution in [0.4, 0.5) is 0 Å². The molecule has 2 aromatic carbocycles. The molecular weight excluding hydrogens is 430 g/mol.